The molecular weight excluding hydrogens is 599 g/mol. The van der Waals surface area contributed by atoms with Gasteiger partial charge in [-0.2, -0.15) is 13.2 Å². The van der Waals surface area contributed by atoms with Crippen LogP contribution in [0.4, 0.5) is 19.0 Å². The summed E-state index contributed by atoms with van der Waals surface area (Å²) in [4.78, 5) is 31.6. The molecule has 13 heteroatoms. The number of hydrogen-bond donors (Lipinski definition) is 0. The normalized spacial score (nSPS) is 14.1. The fourth-order valence-electron chi connectivity index (χ4n) is 4.56. The van der Waals surface area contributed by atoms with Crippen molar-refractivity contribution in [2.24, 2.45) is 0 Å². The molecule has 226 valence electrons. The molecule has 1 saturated heterocycles. The SMILES string of the molecule is COC(=O)COc1ccc(SCc2sc(-c3ccc(C(F)(F)F)cc3)nc2CN2CCN(c3cnccn3)CC2)cc1C. The van der Waals surface area contributed by atoms with Crippen molar-refractivity contribution in [3.63, 3.8) is 0 Å². The van der Waals surface area contributed by atoms with E-state index in [9.17, 15) is 18.0 Å². The van der Waals surface area contributed by atoms with E-state index in [-0.39, 0.29) is 6.61 Å². The van der Waals surface area contributed by atoms with Gasteiger partial charge in [-0.15, -0.1) is 23.1 Å². The summed E-state index contributed by atoms with van der Waals surface area (Å²) in [5.41, 5.74) is 1.80. The zero-order chi connectivity index (χ0) is 30.4. The standard InChI is InChI=1S/C30H30F3N5O3S2/c1-20-15-23(7-8-25(20)41-18-28(39)40-2)42-19-26-24(17-37-11-13-38(14-12-37)27-16-34-9-10-35-27)36-29(43-26)21-3-5-22(6-4-21)30(31,32)33/h3-10,15-16H,11-14,17-19H2,1-2H3. The van der Waals surface area contributed by atoms with Crippen molar-refractivity contribution >= 4 is 34.9 Å². The quantitative estimate of drug-likeness (QED) is 0.153. The molecule has 0 aliphatic carbocycles. The zero-order valence-corrected chi connectivity index (χ0v) is 25.3. The third-order valence-corrected chi connectivity index (χ3v) is 9.30. The minimum Gasteiger partial charge on any atom is -0.482 e. The Balaban J connectivity index is 1.31. The van der Waals surface area contributed by atoms with Crippen LogP contribution in [-0.2, 0) is 28.0 Å². The van der Waals surface area contributed by atoms with E-state index in [0.717, 1.165) is 65.2 Å². The first-order valence-electron chi connectivity index (χ1n) is 13.5. The van der Waals surface area contributed by atoms with Gasteiger partial charge < -0.3 is 14.4 Å². The Morgan fingerprint density at radius 1 is 1.07 bits per heavy atom. The van der Waals surface area contributed by atoms with Crippen molar-refractivity contribution in [1.82, 2.24) is 19.9 Å². The van der Waals surface area contributed by atoms with Gasteiger partial charge >= 0.3 is 12.1 Å². The van der Waals surface area contributed by atoms with E-state index in [4.69, 9.17) is 9.72 Å². The Hall–Kier alpha value is -3.68. The van der Waals surface area contributed by atoms with Crippen molar-refractivity contribution in [3.8, 4) is 16.3 Å². The van der Waals surface area contributed by atoms with E-state index in [1.165, 1.54) is 30.6 Å². The maximum atomic E-state index is 13.1. The van der Waals surface area contributed by atoms with Gasteiger partial charge in [0, 0.05) is 66.2 Å². The number of aryl methyl sites for hydroxylation is 1. The molecule has 0 amide bonds. The second-order valence-corrected chi connectivity index (χ2v) is 12.0. The third-order valence-electron chi connectivity index (χ3n) is 6.95. The molecule has 0 radical (unpaired) electrons. The number of hydrogen-bond acceptors (Lipinski definition) is 10. The fraction of sp³-hybridized carbons (Fsp3) is 0.333. The van der Waals surface area contributed by atoms with Crippen LogP contribution in [0.1, 0.15) is 21.7 Å². The first kappa shape index (κ1) is 30.8. The van der Waals surface area contributed by atoms with E-state index < -0.39 is 17.7 Å². The molecule has 4 aromatic rings. The molecule has 0 spiro atoms. The third kappa shape index (κ3) is 8.03. The number of halogens is 3. The van der Waals surface area contributed by atoms with Gasteiger partial charge in [0.25, 0.3) is 0 Å². The van der Waals surface area contributed by atoms with Crippen LogP contribution in [-0.4, -0.2) is 65.7 Å². The Bertz CT molecular complexity index is 1530. The van der Waals surface area contributed by atoms with Gasteiger partial charge in [-0.25, -0.2) is 14.8 Å². The lowest BCUT2D eigenvalue weighted by atomic mass is 10.1. The Morgan fingerprint density at radius 2 is 1.84 bits per heavy atom. The number of methoxy groups -OCH3 is 1. The number of aromatic nitrogens is 3. The highest BCUT2D eigenvalue weighted by molar-refractivity contribution is 7.98. The van der Waals surface area contributed by atoms with E-state index in [0.29, 0.717) is 28.6 Å². The van der Waals surface area contributed by atoms with Gasteiger partial charge in [0.05, 0.1) is 24.6 Å². The number of thioether (sulfide) groups is 1. The van der Waals surface area contributed by atoms with Gasteiger partial charge in [-0.3, -0.25) is 9.88 Å². The largest absolute Gasteiger partial charge is 0.482 e. The average molecular weight is 630 g/mol. The molecule has 0 saturated carbocycles. The molecule has 5 rings (SSSR count). The summed E-state index contributed by atoms with van der Waals surface area (Å²) in [6, 6.07) is 10.9. The van der Waals surface area contributed by atoms with Crippen molar-refractivity contribution in [2.45, 2.75) is 30.3 Å². The summed E-state index contributed by atoms with van der Waals surface area (Å²) in [6.45, 7) is 5.66. The number of benzene rings is 2. The Kier molecular flexibility index (Phi) is 9.83. The van der Waals surface area contributed by atoms with Gasteiger partial charge in [0.1, 0.15) is 16.6 Å². The molecule has 3 heterocycles. The number of carbonyl (C=O) groups is 1. The van der Waals surface area contributed by atoms with Gasteiger partial charge in [-0.05, 0) is 42.8 Å². The summed E-state index contributed by atoms with van der Waals surface area (Å²) < 4.78 is 49.6. The van der Waals surface area contributed by atoms with Crippen LogP contribution in [0.5, 0.6) is 5.75 Å². The molecule has 8 nitrogen and oxygen atoms in total. The summed E-state index contributed by atoms with van der Waals surface area (Å²) in [5, 5.41) is 0.695. The number of alkyl halides is 3. The molecule has 0 atom stereocenters. The molecular formula is C30H30F3N5O3S2. The number of thiazole rings is 1. The highest BCUT2D eigenvalue weighted by Gasteiger charge is 2.30. The molecule has 1 fully saturated rings. The van der Waals surface area contributed by atoms with E-state index in [1.807, 2.05) is 25.1 Å². The van der Waals surface area contributed by atoms with Crippen LogP contribution in [0.3, 0.4) is 0 Å². The smallest absolute Gasteiger partial charge is 0.416 e. The summed E-state index contributed by atoms with van der Waals surface area (Å²) in [5.74, 6) is 1.66. The predicted octanol–water partition coefficient (Wildman–Crippen LogP) is 6.09. The summed E-state index contributed by atoms with van der Waals surface area (Å²) in [7, 11) is 1.31. The van der Waals surface area contributed by atoms with Crippen LogP contribution in [0.25, 0.3) is 10.6 Å². The predicted molar refractivity (Wildman–Crippen MR) is 160 cm³/mol. The number of ether oxygens (including phenoxy) is 2. The van der Waals surface area contributed by atoms with E-state index in [2.05, 4.69) is 24.5 Å². The number of piperazine rings is 1. The maximum absolute atomic E-state index is 13.1. The van der Waals surface area contributed by atoms with Gasteiger partial charge in [-0.1, -0.05) is 12.1 Å². The lowest BCUT2D eigenvalue weighted by Crippen LogP contribution is -2.46. The minimum absolute atomic E-state index is 0.159. The molecule has 1 aliphatic heterocycles. The molecule has 2 aromatic carbocycles. The Labute approximate surface area is 255 Å². The molecule has 2 aromatic heterocycles. The first-order valence-corrected chi connectivity index (χ1v) is 15.3. The van der Waals surface area contributed by atoms with E-state index >= 15 is 0 Å². The monoisotopic (exact) mass is 629 g/mol. The second-order valence-electron chi connectivity index (χ2n) is 9.87. The fourth-order valence-corrected chi connectivity index (χ4v) is 6.74. The number of anilines is 1. The van der Waals surface area contributed by atoms with Crippen molar-refractivity contribution in [2.75, 3.05) is 44.8 Å². The van der Waals surface area contributed by atoms with Gasteiger partial charge in [0.2, 0.25) is 0 Å². The number of carbonyl (C=O) groups excluding carboxylic acids is 1. The Morgan fingerprint density at radius 3 is 2.49 bits per heavy atom. The number of rotatable bonds is 10. The van der Waals surface area contributed by atoms with Crippen LogP contribution < -0.4 is 9.64 Å². The zero-order valence-electron chi connectivity index (χ0n) is 23.6. The molecule has 0 N–H and O–H groups in total. The summed E-state index contributed by atoms with van der Waals surface area (Å²) >= 11 is 3.15. The minimum atomic E-state index is -4.39. The van der Waals surface area contributed by atoms with Crippen molar-refractivity contribution in [3.05, 3.63) is 82.8 Å². The van der Waals surface area contributed by atoms with Crippen LogP contribution >= 0.6 is 23.1 Å². The lowest BCUT2D eigenvalue weighted by Gasteiger charge is -2.35. The second kappa shape index (κ2) is 13.7. The summed E-state index contributed by atoms with van der Waals surface area (Å²) in [6.07, 6.45) is 0.722. The first-order chi connectivity index (χ1) is 20.7. The highest BCUT2D eigenvalue weighted by atomic mass is 32.2. The topological polar surface area (TPSA) is 80.7 Å². The molecule has 0 unspecified atom stereocenters. The number of nitrogens with zero attached hydrogens (tertiary/aromatic N) is 5. The highest BCUT2D eigenvalue weighted by Crippen LogP contribution is 2.36. The van der Waals surface area contributed by atoms with Crippen molar-refractivity contribution in [1.29, 1.82) is 0 Å². The van der Waals surface area contributed by atoms with Crippen LogP contribution in [0.15, 0.2) is 66.0 Å². The molecule has 0 bridgehead atoms. The van der Waals surface area contributed by atoms with Crippen LogP contribution in [0, 0.1) is 6.92 Å². The van der Waals surface area contributed by atoms with E-state index in [1.54, 1.807) is 30.4 Å². The van der Waals surface area contributed by atoms with Gasteiger partial charge in [0.15, 0.2) is 6.61 Å². The number of esters is 1. The lowest BCUT2D eigenvalue weighted by molar-refractivity contribution is -0.143. The maximum Gasteiger partial charge on any atom is 0.416 e. The average Bonchev–Trinajstić information content (AvgIpc) is 3.42. The van der Waals surface area contributed by atoms with Crippen molar-refractivity contribution < 1.29 is 27.4 Å². The molecule has 43 heavy (non-hydrogen) atoms. The molecule has 1 aliphatic rings. The van der Waals surface area contributed by atoms with Crippen LogP contribution in [0.2, 0.25) is 0 Å².